The van der Waals surface area contributed by atoms with Crippen LogP contribution in [0.2, 0.25) is 5.15 Å². The molecule has 0 aliphatic carbocycles. The molecule has 0 fully saturated rings. The van der Waals surface area contributed by atoms with E-state index in [1.165, 1.54) is 0 Å². The van der Waals surface area contributed by atoms with Crippen LogP contribution in [0.3, 0.4) is 0 Å². The van der Waals surface area contributed by atoms with Gasteiger partial charge in [-0.05, 0) is 6.92 Å². The van der Waals surface area contributed by atoms with Crippen molar-refractivity contribution in [1.82, 2.24) is 10.2 Å². The van der Waals surface area contributed by atoms with Gasteiger partial charge in [0.1, 0.15) is 10.8 Å². The standard InChI is InChI=1S/C5H9ClN4/c1-2-8-3-4(6)9-10-5(3)7/h8H,2H2,1H3,(H3,7,9,10). The van der Waals surface area contributed by atoms with Gasteiger partial charge in [-0.15, -0.1) is 0 Å². The van der Waals surface area contributed by atoms with Crippen LogP contribution in [0.1, 0.15) is 6.92 Å². The van der Waals surface area contributed by atoms with Crippen LogP contribution in [0.5, 0.6) is 0 Å². The highest BCUT2D eigenvalue weighted by atomic mass is 35.5. The van der Waals surface area contributed by atoms with Crippen LogP contribution in [0.4, 0.5) is 11.5 Å². The number of aromatic nitrogens is 2. The zero-order valence-corrected chi connectivity index (χ0v) is 6.37. The second-order valence-electron chi connectivity index (χ2n) is 1.83. The van der Waals surface area contributed by atoms with E-state index in [4.69, 9.17) is 17.3 Å². The highest BCUT2D eigenvalue weighted by molar-refractivity contribution is 6.32. The SMILES string of the molecule is CCNc1c(N)n[nH]c1Cl. The van der Waals surface area contributed by atoms with Crippen molar-refractivity contribution in [3.05, 3.63) is 5.15 Å². The van der Waals surface area contributed by atoms with Gasteiger partial charge in [0.2, 0.25) is 0 Å². The van der Waals surface area contributed by atoms with Crippen LogP contribution >= 0.6 is 11.6 Å². The number of nitrogens with two attached hydrogens (primary N) is 1. The lowest BCUT2D eigenvalue weighted by Crippen LogP contribution is -1.98. The van der Waals surface area contributed by atoms with Crippen molar-refractivity contribution in [3.8, 4) is 0 Å². The van der Waals surface area contributed by atoms with E-state index in [-0.39, 0.29) is 0 Å². The van der Waals surface area contributed by atoms with E-state index in [0.717, 1.165) is 6.54 Å². The maximum atomic E-state index is 5.66. The molecule has 0 unspecified atom stereocenters. The van der Waals surface area contributed by atoms with E-state index < -0.39 is 0 Å². The topological polar surface area (TPSA) is 66.7 Å². The van der Waals surface area contributed by atoms with Crippen molar-refractivity contribution in [2.24, 2.45) is 0 Å². The molecule has 0 bridgehead atoms. The van der Waals surface area contributed by atoms with Crippen LogP contribution in [0.15, 0.2) is 0 Å². The van der Waals surface area contributed by atoms with Crippen LogP contribution in [0, 0.1) is 0 Å². The highest BCUT2D eigenvalue weighted by Crippen LogP contribution is 2.23. The number of nitrogen functional groups attached to an aromatic ring is 1. The minimum Gasteiger partial charge on any atom is -0.380 e. The predicted molar refractivity (Wildman–Crippen MR) is 42.2 cm³/mol. The zero-order chi connectivity index (χ0) is 7.56. The number of H-pyrrole nitrogens is 1. The number of anilines is 2. The summed E-state index contributed by atoms with van der Waals surface area (Å²) in [6.45, 7) is 2.74. The van der Waals surface area contributed by atoms with Gasteiger partial charge in [-0.2, -0.15) is 5.10 Å². The average Bonchev–Trinajstić information content (AvgIpc) is 2.20. The van der Waals surface area contributed by atoms with E-state index in [1.807, 2.05) is 6.92 Å². The first-order chi connectivity index (χ1) is 4.75. The van der Waals surface area contributed by atoms with Gasteiger partial charge in [0.15, 0.2) is 5.82 Å². The third-order valence-corrected chi connectivity index (χ3v) is 1.38. The Morgan fingerprint density at radius 3 is 2.90 bits per heavy atom. The lowest BCUT2D eigenvalue weighted by atomic mass is 10.5. The second kappa shape index (κ2) is 2.79. The summed E-state index contributed by atoms with van der Waals surface area (Å²) in [5.41, 5.74) is 6.12. The fourth-order valence-corrected chi connectivity index (χ4v) is 0.884. The first kappa shape index (κ1) is 7.21. The maximum absolute atomic E-state index is 5.66. The average molecular weight is 161 g/mol. The molecule has 0 aliphatic heterocycles. The Balaban J connectivity index is 2.87. The number of hydrogen-bond donors (Lipinski definition) is 3. The molecule has 0 radical (unpaired) electrons. The molecule has 1 aromatic heterocycles. The van der Waals surface area contributed by atoms with Crippen molar-refractivity contribution < 1.29 is 0 Å². The smallest absolute Gasteiger partial charge is 0.170 e. The number of rotatable bonds is 2. The minimum atomic E-state index is 0.409. The first-order valence-electron chi connectivity index (χ1n) is 2.99. The predicted octanol–water partition coefficient (Wildman–Crippen LogP) is 1.08. The molecule has 4 nitrogen and oxygen atoms in total. The summed E-state index contributed by atoms with van der Waals surface area (Å²) in [7, 11) is 0. The Hall–Kier alpha value is -0.900. The Morgan fingerprint density at radius 1 is 1.80 bits per heavy atom. The Labute approximate surface area is 63.8 Å². The molecule has 0 amide bonds. The van der Waals surface area contributed by atoms with E-state index in [9.17, 15) is 0 Å². The fraction of sp³-hybridized carbons (Fsp3) is 0.400. The van der Waals surface area contributed by atoms with Crippen molar-refractivity contribution in [2.75, 3.05) is 17.6 Å². The lowest BCUT2D eigenvalue weighted by Gasteiger charge is -1.98. The van der Waals surface area contributed by atoms with Gasteiger partial charge in [-0.25, -0.2) is 0 Å². The lowest BCUT2D eigenvalue weighted by molar-refractivity contribution is 1.10. The molecule has 1 heterocycles. The van der Waals surface area contributed by atoms with Crippen LogP contribution in [-0.4, -0.2) is 16.7 Å². The van der Waals surface area contributed by atoms with Gasteiger partial charge in [0, 0.05) is 6.54 Å². The molecule has 56 valence electrons. The van der Waals surface area contributed by atoms with Gasteiger partial charge >= 0.3 is 0 Å². The van der Waals surface area contributed by atoms with Crippen molar-refractivity contribution >= 4 is 23.1 Å². The summed E-state index contributed by atoms with van der Waals surface area (Å²) in [4.78, 5) is 0. The summed E-state index contributed by atoms with van der Waals surface area (Å²) < 4.78 is 0. The largest absolute Gasteiger partial charge is 0.380 e. The van der Waals surface area contributed by atoms with E-state index in [0.29, 0.717) is 16.7 Å². The monoisotopic (exact) mass is 160 g/mol. The summed E-state index contributed by atoms with van der Waals surface area (Å²) >= 11 is 5.66. The van der Waals surface area contributed by atoms with Gasteiger partial charge in [0.25, 0.3) is 0 Å². The summed E-state index contributed by atoms with van der Waals surface area (Å²) in [5, 5.41) is 9.67. The van der Waals surface area contributed by atoms with Crippen molar-refractivity contribution in [3.63, 3.8) is 0 Å². The molecule has 1 aromatic rings. The van der Waals surface area contributed by atoms with E-state index in [2.05, 4.69) is 15.5 Å². The maximum Gasteiger partial charge on any atom is 0.170 e. The number of hydrogen-bond acceptors (Lipinski definition) is 3. The van der Waals surface area contributed by atoms with Gasteiger partial charge in [-0.3, -0.25) is 5.10 Å². The quantitative estimate of drug-likeness (QED) is 0.607. The zero-order valence-electron chi connectivity index (χ0n) is 5.61. The molecule has 0 saturated heterocycles. The van der Waals surface area contributed by atoms with Gasteiger partial charge in [-0.1, -0.05) is 11.6 Å². The molecule has 4 N–H and O–H groups in total. The van der Waals surface area contributed by atoms with E-state index >= 15 is 0 Å². The number of nitrogens with one attached hydrogen (secondary N) is 2. The third-order valence-electron chi connectivity index (χ3n) is 1.10. The first-order valence-corrected chi connectivity index (χ1v) is 3.36. The number of aromatic amines is 1. The molecule has 0 aliphatic rings. The molecular formula is C5H9ClN4. The van der Waals surface area contributed by atoms with Gasteiger partial charge in [0.05, 0.1) is 0 Å². The number of nitrogens with zero attached hydrogens (tertiary/aromatic N) is 1. The van der Waals surface area contributed by atoms with Gasteiger partial charge < -0.3 is 11.1 Å². The van der Waals surface area contributed by atoms with Crippen LogP contribution < -0.4 is 11.1 Å². The fourth-order valence-electron chi connectivity index (χ4n) is 0.678. The summed E-state index contributed by atoms with van der Waals surface area (Å²) in [6.07, 6.45) is 0. The summed E-state index contributed by atoms with van der Waals surface area (Å²) in [6, 6.07) is 0. The molecule has 0 spiro atoms. The third kappa shape index (κ3) is 1.16. The molecule has 0 saturated carbocycles. The van der Waals surface area contributed by atoms with E-state index in [1.54, 1.807) is 0 Å². The molecule has 0 atom stereocenters. The van der Waals surface area contributed by atoms with Crippen molar-refractivity contribution in [2.45, 2.75) is 6.92 Å². The Bertz CT molecular complexity index is 200. The molecule has 5 heteroatoms. The second-order valence-corrected chi connectivity index (χ2v) is 2.21. The van der Waals surface area contributed by atoms with Crippen LogP contribution in [0.25, 0.3) is 0 Å². The normalized spacial score (nSPS) is 9.80. The molecular weight excluding hydrogens is 152 g/mol. The van der Waals surface area contributed by atoms with Crippen LogP contribution in [-0.2, 0) is 0 Å². The minimum absolute atomic E-state index is 0.409. The Kier molecular flexibility index (Phi) is 2.01. The summed E-state index contributed by atoms with van der Waals surface area (Å²) in [5.74, 6) is 0.409. The van der Waals surface area contributed by atoms with Crippen molar-refractivity contribution in [1.29, 1.82) is 0 Å². The number of halogens is 1. The highest BCUT2D eigenvalue weighted by Gasteiger charge is 2.05. The molecule has 1 rings (SSSR count). The molecule has 0 aromatic carbocycles. The molecule has 10 heavy (non-hydrogen) atoms. The Morgan fingerprint density at radius 2 is 2.50 bits per heavy atom.